The Balaban J connectivity index is 1.57. The van der Waals surface area contributed by atoms with Gasteiger partial charge in [0.1, 0.15) is 12.2 Å². The number of fused-ring (bicyclic) bond motifs is 1. The quantitative estimate of drug-likeness (QED) is 0.435. The van der Waals surface area contributed by atoms with Gasteiger partial charge in [0.15, 0.2) is 0 Å². The predicted octanol–water partition coefficient (Wildman–Crippen LogP) is 5.72. The monoisotopic (exact) mass is 430 g/mol. The highest BCUT2D eigenvalue weighted by Gasteiger charge is 2.27. The van der Waals surface area contributed by atoms with Crippen LogP contribution in [0.15, 0.2) is 60.9 Å². The summed E-state index contributed by atoms with van der Waals surface area (Å²) < 4.78 is 38.6. The van der Waals surface area contributed by atoms with Crippen LogP contribution in [0.1, 0.15) is 4.88 Å². The van der Waals surface area contributed by atoms with Crippen molar-refractivity contribution in [2.45, 2.75) is 13.1 Å². The molecule has 0 saturated heterocycles. The van der Waals surface area contributed by atoms with Crippen LogP contribution < -0.4 is 10.6 Å². The zero-order chi connectivity index (χ0) is 21.3. The van der Waals surface area contributed by atoms with Crippen molar-refractivity contribution in [2.75, 3.05) is 11.9 Å². The minimum atomic E-state index is -4.46. The fraction of sp³-hybridized carbons (Fsp3) is 0.143. The number of nitrogens with zero attached hydrogens (tertiary/aromatic N) is 2. The average Bonchev–Trinajstić information content (AvgIpc) is 3.32. The fourth-order valence-electron chi connectivity index (χ4n) is 3.05. The Morgan fingerprint density at radius 2 is 1.97 bits per heavy atom. The van der Waals surface area contributed by atoms with Crippen LogP contribution in [0.2, 0.25) is 0 Å². The molecule has 5 nitrogen and oxygen atoms in total. The Morgan fingerprint density at radius 1 is 1.13 bits per heavy atom. The molecule has 4 aromatic rings. The first-order chi connectivity index (χ1) is 14.3. The molecule has 0 fully saturated rings. The number of benzene rings is 1. The van der Waals surface area contributed by atoms with Crippen LogP contribution >= 0.6 is 11.3 Å². The van der Waals surface area contributed by atoms with Gasteiger partial charge < -0.3 is 10.6 Å². The molecule has 0 unspecified atom stereocenters. The number of pyridine rings is 1. The number of carbonyl (C=O) groups excluding carboxylic acids is 1. The van der Waals surface area contributed by atoms with E-state index in [1.807, 2.05) is 28.8 Å². The normalized spacial score (nSPS) is 11.6. The maximum Gasteiger partial charge on any atom is 0.405 e. The largest absolute Gasteiger partial charge is 0.405 e. The van der Waals surface area contributed by atoms with Crippen molar-refractivity contribution in [1.29, 1.82) is 0 Å². The van der Waals surface area contributed by atoms with Gasteiger partial charge in [0.2, 0.25) is 0 Å². The number of amides is 2. The summed E-state index contributed by atoms with van der Waals surface area (Å²) in [6.45, 7) is 0.669. The van der Waals surface area contributed by atoms with E-state index in [-0.39, 0.29) is 0 Å². The molecular weight excluding hydrogens is 413 g/mol. The molecule has 3 aromatic heterocycles. The molecule has 4 rings (SSSR count). The Hall–Kier alpha value is -3.33. The second-order valence-electron chi connectivity index (χ2n) is 6.70. The molecule has 0 spiro atoms. The van der Waals surface area contributed by atoms with Gasteiger partial charge in [-0.3, -0.25) is 4.40 Å². The Bertz CT molecular complexity index is 1210. The zero-order valence-corrected chi connectivity index (χ0v) is 16.6. The Morgan fingerprint density at radius 3 is 2.70 bits per heavy atom. The summed E-state index contributed by atoms with van der Waals surface area (Å²) in [6, 6.07) is 14.1. The van der Waals surface area contributed by atoms with E-state index in [0.29, 0.717) is 5.69 Å². The number of halogens is 3. The second kappa shape index (κ2) is 7.83. The summed E-state index contributed by atoms with van der Waals surface area (Å²) >= 11 is 1.71. The highest BCUT2D eigenvalue weighted by atomic mass is 32.1. The lowest BCUT2D eigenvalue weighted by molar-refractivity contribution is -0.122. The van der Waals surface area contributed by atoms with Crippen LogP contribution in [0.4, 0.5) is 23.7 Å². The third-order valence-corrected chi connectivity index (χ3v) is 5.45. The number of nitrogens with one attached hydrogen (secondary N) is 2. The van der Waals surface area contributed by atoms with Crippen molar-refractivity contribution < 1.29 is 18.0 Å². The molecule has 3 heterocycles. The maximum absolute atomic E-state index is 12.2. The smallest absolute Gasteiger partial charge is 0.329 e. The molecule has 0 aliphatic carbocycles. The van der Waals surface area contributed by atoms with Gasteiger partial charge in [0.05, 0.1) is 11.9 Å². The number of anilines is 1. The predicted molar refractivity (Wildman–Crippen MR) is 112 cm³/mol. The van der Waals surface area contributed by atoms with E-state index in [4.69, 9.17) is 0 Å². The molecule has 0 bridgehead atoms. The number of rotatable bonds is 4. The molecule has 0 atom stereocenters. The maximum atomic E-state index is 12.2. The first kappa shape index (κ1) is 20.0. The van der Waals surface area contributed by atoms with Crippen LogP contribution in [-0.2, 0) is 0 Å². The van der Waals surface area contributed by atoms with Crippen molar-refractivity contribution in [3.05, 3.63) is 65.8 Å². The molecule has 30 heavy (non-hydrogen) atoms. The van der Waals surface area contributed by atoms with Gasteiger partial charge in [-0.25, -0.2) is 9.78 Å². The summed E-state index contributed by atoms with van der Waals surface area (Å²) in [5, 5.41) is 4.21. The topological polar surface area (TPSA) is 58.4 Å². The molecule has 154 valence electrons. The zero-order valence-electron chi connectivity index (χ0n) is 15.8. The number of alkyl halides is 3. The number of hydrogen-bond donors (Lipinski definition) is 2. The van der Waals surface area contributed by atoms with Crippen molar-refractivity contribution in [3.8, 4) is 21.7 Å². The first-order valence-electron chi connectivity index (χ1n) is 9.04. The second-order valence-corrected chi connectivity index (χ2v) is 7.99. The number of hydrogen-bond acceptors (Lipinski definition) is 3. The Labute approximate surface area is 174 Å². The van der Waals surface area contributed by atoms with Crippen molar-refractivity contribution in [1.82, 2.24) is 14.7 Å². The third-order valence-electron chi connectivity index (χ3n) is 4.40. The number of aromatic nitrogens is 2. The van der Waals surface area contributed by atoms with E-state index in [0.717, 1.165) is 27.3 Å². The summed E-state index contributed by atoms with van der Waals surface area (Å²) in [5.41, 5.74) is 3.81. The highest BCUT2D eigenvalue weighted by Crippen LogP contribution is 2.30. The molecule has 9 heteroatoms. The lowest BCUT2D eigenvalue weighted by Crippen LogP contribution is -2.36. The number of thiophene rings is 1. The Kier molecular flexibility index (Phi) is 5.21. The molecule has 0 saturated carbocycles. The highest BCUT2D eigenvalue weighted by molar-refractivity contribution is 7.15. The van der Waals surface area contributed by atoms with E-state index in [9.17, 15) is 18.0 Å². The number of imidazole rings is 1. The minimum Gasteiger partial charge on any atom is -0.329 e. The summed E-state index contributed by atoms with van der Waals surface area (Å²) in [6.07, 6.45) is -0.809. The lowest BCUT2D eigenvalue weighted by Gasteiger charge is -2.11. The third kappa shape index (κ3) is 4.46. The van der Waals surface area contributed by atoms with Gasteiger partial charge in [0.25, 0.3) is 0 Å². The van der Waals surface area contributed by atoms with E-state index in [2.05, 4.69) is 29.4 Å². The van der Waals surface area contributed by atoms with Gasteiger partial charge in [0, 0.05) is 27.2 Å². The first-order valence-corrected chi connectivity index (χ1v) is 9.86. The SMILES string of the molecule is Cc1ccc(-c2ccn3c(-c4cccc(NC(=O)NCC(F)(F)F)c4)cnc3c2)s1. The molecule has 0 aliphatic heterocycles. The van der Waals surface area contributed by atoms with Crippen LogP contribution in [0.3, 0.4) is 0 Å². The summed E-state index contributed by atoms with van der Waals surface area (Å²) in [5.74, 6) is 0. The molecule has 2 amide bonds. The minimum absolute atomic E-state index is 0.382. The molecule has 2 N–H and O–H groups in total. The summed E-state index contributed by atoms with van der Waals surface area (Å²) in [4.78, 5) is 18.6. The molecule has 0 radical (unpaired) electrons. The van der Waals surface area contributed by atoms with Crippen LogP contribution in [0.25, 0.3) is 27.3 Å². The number of urea groups is 1. The van der Waals surface area contributed by atoms with E-state index >= 15 is 0 Å². The molecule has 1 aromatic carbocycles. The van der Waals surface area contributed by atoms with Crippen LogP contribution in [0.5, 0.6) is 0 Å². The van der Waals surface area contributed by atoms with E-state index < -0.39 is 18.8 Å². The van der Waals surface area contributed by atoms with Gasteiger partial charge in [-0.05, 0) is 48.9 Å². The van der Waals surface area contributed by atoms with Gasteiger partial charge >= 0.3 is 12.2 Å². The van der Waals surface area contributed by atoms with E-state index in [1.165, 1.54) is 4.88 Å². The van der Waals surface area contributed by atoms with Crippen molar-refractivity contribution >= 4 is 28.7 Å². The number of aryl methyl sites for hydroxylation is 1. The fourth-order valence-corrected chi connectivity index (χ4v) is 3.91. The van der Waals surface area contributed by atoms with Gasteiger partial charge in [-0.1, -0.05) is 12.1 Å². The number of carbonyl (C=O) groups is 1. The average molecular weight is 430 g/mol. The van der Waals surface area contributed by atoms with Gasteiger partial charge in [-0.2, -0.15) is 13.2 Å². The van der Waals surface area contributed by atoms with Crippen molar-refractivity contribution in [3.63, 3.8) is 0 Å². The molecule has 0 aliphatic rings. The van der Waals surface area contributed by atoms with E-state index in [1.54, 1.807) is 41.0 Å². The summed E-state index contributed by atoms with van der Waals surface area (Å²) in [7, 11) is 0. The standard InChI is InChI=1S/C21H17F3N4OS/c1-13-5-6-18(30-13)15-7-8-28-17(11-25-19(28)10-15)14-3-2-4-16(9-14)27-20(29)26-12-21(22,23)24/h2-11H,12H2,1H3,(H2,26,27,29). The van der Waals surface area contributed by atoms with Crippen LogP contribution in [-0.4, -0.2) is 28.1 Å². The molecular formula is C21H17F3N4OS. The van der Waals surface area contributed by atoms with Crippen molar-refractivity contribution in [2.24, 2.45) is 0 Å². The lowest BCUT2D eigenvalue weighted by atomic mass is 10.1. The van der Waals surface area contributed by atoms with Crippen LogP contribution in [0, 0.1) is 6.92 Å². The van der Waals surface area contributed by atoms with Gasteiger partial charge in [-0.15, -0.1) is 11.3 Å².